The third-order valence-electron chi connectivity index (χ3n) is 5.03. The van der Waals surface area contributed by atoms with Crippen LogP contribution in [0.2, 0.25) is 0 Å². The first kappa shape index (κ1) is 20.8. The molecule has 3 aromatic carbocycles. The lowest BCUT2D eigenvalue weighted by atomic mass is 10.1. The number of furan rings is 1. The first-order valence-corrected chi connectivity index (χ1v) is 10.2. The van der Waals surface area contributed by atoms with Crippen LogP contribution in [0.3, 0.4) is 0 Å². The van der Waals surface area contributed by atoms with E-state index in [1.54, 1.807) is 42.5 Å². The van der Waals surface area contributed by atoms with Gasteiger partial charge in [0.1, 0.15) is 5.76 Å². The Labute approximate surface area is 192 Å². The second-order valence-corrected chi connectivity index (χ2v) is 7.26. The molecule has 2 aromatic heterocycles. The van der Waals surface area contributed by atoms with Crippen molar-refractivity contribution in [1.29, 1.82) is 0 Å². The fraction of sp³-hybridized carbons (Fsp3) is 0. The number of amides is 1. The lowest BCUT2D eigenvalue weighted by Crippen LogP contribution is -2.11. The lowest BCUT2D eigenvalue weighted by molar-refractivity contribution is -0.384. The number of carbonyl (C=O) groups excluding carboxylic acids is 1. The van der Waals surface area contributed by atoms with Crippen molar-refractivity contribution in [3.63, 3.8) is 0 Å². The molecule has 2 heterocycles. The smallest absolute Gasteiger partial charge is 0.291 e. The van der Waals surface area contributed by atoms with Crippen LogP contribution in [0.4, 0.5) is 11.4 Å². The number of hydrogen-bond acceptors (Lipinski definition) is 7. The zero-order chi connectivity index (χ0) is 23.5. The van der Waals surface area contributed by atoms with Crippen LogP contribution >= 0.6 is 0 Å². The fourth-order valence-electron chi connectivity index (χ4n) is 3.39. The van der Waals surface area contributed by atoms with Crippen LogP contribution in [-0.2, 0) is 0 Å². The molecule has 0 unspecified atom stereocenters. The van der Waals surface area contributed by atoms with Crippen molar-refractivity contribution in [3.8, 4) is 34.2 Å². The van der Waals surface area contributed by atoms with E-state index in [4.69, 9.17) is 8.94 Å². The van der Waals surface area contributed by atoms with Crippen molar-refractivity contribution in [1.82, 2.24) is 10.1 Å². The molecule has 0 saturated heterocycles. The Morgan fingerprint density at radius 2 is 1.65 bits per heavy atom. The van der Waals surface area contributed by atoms with Gasteiger partial charge in [-0.1, -0.05) is 59.8 Å². The second-order valence-electron chi connectivity index (χ2n) is 7.26. The van der Waals surface area contributed by atoms with Crippen LogP contribution in [0.25, 0.3) is 34.2 Å². The molecule has 5 aromatic rings. The van der Waals surface area contributed by atoms with Gasteiger partial charge in [-0.3, -0.25) is 14.9 Å². The number of non-ortho nitro benzene ring substituents is 1. The van der Waals surface area contributed by atoms with Crippen LogP contribution in [0.5, 0.6) is 0 Å². The van der Waals surface area contributed by atoms with Crippen molar-refractivity contribution in [3.05, 3.63) is 107 Å². The van der Waals surface area contributed by atoms with Gasteiger partial charge in [-0.25, -0.2) is 0 Å². The van der Waals surface area contributed by atoms with Crippen molar-refractivity contribution in [2.24, 2.45) is 0 Å². The van der Waals surface area contributed by atoms with E-state index in [1.165, 1.54) is 18.2 Å². The number of nitrogens with zero attached hydrogens (tertiary/aromatic N) is 3. The molecule has 0 aliphatic heterocycles. The molecule has 0 saturated carbocycles. The number of benzene rings is 3. The number of aromatic nitrogens is 2. The number of nitrogens with one attached hydrogen (secondary N) is 1. The monoisotopic (exact) mass is 452 g/mol. The lowest BCUT2D eigenvalue weighted by Gasteiger charge is -2.07. The van der Waals surface area contributed by atoms with E-state index < -0.39 is 10.8 Å². The Kier molecular flexibility index (Phi) is 5.41. The largest absolute Gasteiger partial charge is 0.451 e. The first-order chi connectivity index (χ1) is 16.6. The van der Waals surface area contributed by atoms with Crippen LogP contribution in [0.15, 0.2) is 99.9 Å². The molecule has 0 fully saturated rings. The van der Waals surface area contributed by atoms with E-state index >= 15 is 0 Å². The molecule has 166 valence electrons. The zero-order valence-corrected chi connectivity index (χ0v) is 17.5. The van der Waals surface area contributed by atoms with E-state index in [-0.39, 0.29) is 17.3 Å². The highest BCUT2D eigenvalue weighted by atomic mass is 16.6. The van der Waals surface area contributed by atoms with Crippen LogP contribution in [0.1, 0.15) is 10.6 Å². The predicted octanol–water partition coefficient (Wildman–Crippen LogP) is 5.82. The number of carbonyl (C=O) groups is 1. The summed E-state index contributed by atoms with van der Waals surface area (Å²) >= 11 is 0. The first-order valence-electron chi connectivity index (χ1n) is 10.2. The van der Waals surface area contributed by atoms with Crippen LogP contribution < -0.4 is 5.32 Å². The maximum atomic E-state index is 12.9. The van der Waals surface area contributed by atoms with Crippen molar-refractivity contribution >= 4 is 17.3 Å². The molecule has 1 N–H and O–H groups in total. The Bertz CT molecular complexity index is 1490. The quantitative estimate of drug-likeness (QED) is 0.254. The predicted molar refractivity (Wildman–Crippen MR) is 124 cm³/mol. The molecule has 0 aliphatic carbocycles. The summed E-state index contributed by atoms with van der Waals surface area (Å²) in [6.07, 6.45) is 0. The molecule has 34 heavy (non-hydrogen) atoms. The van der Waals surface area contributed by atoms with Gasteiger partial charge in [-0.05, 0) is 24.3 Å². The Morgan fingerprint density at radius 3 is 2.47 bits per heavy atom. The van der Waals surface area contributed by atoms with Crippen molar-refractivity contribution in [2.75, 3.05) is 5.32 Å². The average molecular weight is 452 g/mol. The normalized spacial score (nSPS) is 10.7. The highest BCUT2D eigenvalue weighted by Crippen LogP contribution is 2.30. The summed E-state index contributed by atoms with van der Waals surface area (Å²) < 4.78 is 11.1. The molecule has 0 atom stereocenters. The average Bonchev–Trinajstić information content (AvgIpc) is 3.56. The third-order valence-corrected chi connectivity index (χ3v) is 5.03. The number of anilines is 1. The standard InChI is InChI=1S/C25H16N4O5/c30-24(22-14-13-21(33-22)17-9-6-10-18(15-17)29(31)32)26-20-12-5-4-11-19(20)25-27-23(28-34-25)16-7-2-1-3-8-16/h1-15H,(H,26,30). The SMILES string of the molecule is O=C(Nc1ccccc1-c1nc(-c2ccccc2)no1)c1ccc(-c2cccc([N+](=O)[O-])c2)o1. The number of nitro groups is 1. The molecule has 0 bridgehead atoms. The van der Waals surface area contributed by atoms with Gasteiger partial charge in [0.2, 0.25) is 5.82 Å². The molecular formula is C25H16N4O5. The van der Waals surface area contributed by atoms with Gasteiger partial charge in [-0.15, -0.1) is 0 Å². The molecule has 9 nitrogen and oxygen atoms in total. The minimum atomic E-state index is -0.494. The topological polar surface area (TPSA) is 124 Å². The maximum Gasteiger partial charge on any atom is 0.291 e. The number of hydrogen-bond donors (Lipinski definition) is 1. The van der Waals surface area contributed by atoms with Gasteiger partial charge in [0.25, 0.3) is 17.5 Å². The van der Waals surface area contributed by atoms with Gasteiger partial charge in [-0.2, -0.15) is 4.98 Å². The van der Waals surface area contributed by atoms with Gasteiger partial charge in [0, 0.05) is 23.3 Å². The van der Waals surface area contributed by atoms with Gasteiger partial charge < -0.3 is 14.3 Å². The summed E-state index contributed by atoms with van der Waals surface area (Å²) in [5, 5.41) is 17.9. The van der Waals surface area contributed by atoms with Crippen LogP contribution in [0, 0.1) is 10.1 Å². The Balaban J connectivity index is 1.38. The highest BCUT2D eigenvalue weighted by Gasteiger charge is 2.18. The molecule has 0 radical (unpaired) electrons. The summed E-state index contributed by atoms with van der Waals surface area (Å²) in [6, 6.07) is 25.5. The second kappa shape index (κ2) is 8.83. The van der Waals surface area contributed by atoms with Crippen molar-refractivity contribution in [2.45, 2.75) is 0 Å². The number of rotatable bonds is 6. The molecule has 9 heteroatoms. The minimum absolute atomic E-state index is 0.0480. The molecule has 5 rings (SSSR count). The summed E-state index contributed by atoms with van der Waals surface area (Å²) in [5.41, 5.74) is 2.25. The molecule has 1 amide bonds. The third kappa shape index (κ3) is 4.17. The van der Waals surface area contributed by atoms with Crippen LogP contribution in [-0.4, -0.2) is 21.0 Å². The van der Waals surface area contributed by atoms with Gasteiger partial charge in [0.05, 0.1) is 16.2 Å². The zero-order valence-electron chi connectivity index (χ0n) is 17.5. The Hall–Kier alpha value is -5.05. The van der Waals surface area contributed by atoms with Gasteiger partial charge in [0.15, 0.2) is 5.76 Å². The van der Waals surface area contributed by atoms with E-state index in [9.17, 15) is 14.9 Å². The molecular weight excluding hydrogens is 436 g/mol. The number of nitro benzene ring substituents is 1. The summed E-state index contributed by atoms with van der Waals surface area (Å²) in [7, 11) is 0. The van der Waals surface area contributed by atoms with Crippen molar-refractivity contribution < 1.29 is 18.7 Å². The van der Waals surface area contributed by atoms with E-state index in [0.29, 0.717) is 28.4 Å². The van der Waals surface area contributed by atoms with E-state index in [1.807, 2.05) is 30.3 Å². The number of para-hydroxylation sites is 1. The minimum Gasteiger partial charge on any atom is -0.451 e. The summed E-state index contributed by atoms with van der Waals surface area (Å²) in [4.78, 5) is 27.9. The maximum absolute atomic E-state index is 12.9. The summed E-state index contributed by atoms with van der Waals surface area (Å²) in [6.45, 7) is 0. The van der Waals surface area contributed by atoms with Gasteiger partial charge >= 0.3 is 0 Å². The molecule has 0 aliphatic rings. The van der Waals surface area contributed by atoms with E-state index in [2.05, 4.69) is 15.5 Å². The van der Waals surface area contributed by atoms with E-state index in [0.717, 1.165) is 5.56 Å². The Morgan fingerprint density at radius 1 is 0.882 bits per heavy atom. The summed E-state index contributed by atoms with van der Waals surface area (Å²) in [5.74, 6) is 0.584. The highest BCUT2D eigenvalue weighted by molar-refractivity contribution is 6.04. The molecule has 0 spiro atoms. The fourth-order valence-corrected chi connectivity index (χ4v) is 3.39.